The lowest BCUT2D eigenvalue weighted by atomic mass is 10.1. The van der Waals surface area contributed by atoms with Crippen molar-refractivity contribution in [1.29, 1.82) is 0 Å². The van der Waals surface area contributed by atoms with Crippen LogP contribution in [-0.2, 0) is 20.0 Å². The number of nitrogens with one attached hydrogen (secondary N) is 3. The standard InChI is InChI=1S/C17H21F2N5O3S.C16H11F2N3O2.C7H16N2O2S/c1-22(15-3-5-23(6-4-15)28(2,26)27)17(25)21-14-10-20-24(11-14)16-8-12(18)7-13(19)9-16;17-11-6-12(18)8-14(7-11)21-10-13(9-19-21)20-16(22)23-15-4-2-1-3-5-15;1-8-7-3-5-9(6-4-7)12(2,10)11/h7-11,15H,3-6H2,1-2H3,(H,21,25);1-10H,(H,20,22);7-8H,3-6H2,1-2H3. The van der Waals surface area contributed by atoms with Crippen molar-refractivity contribution >= 4 is 43.5 Å². The molecule has 23 heteroatoms. The van der Waals surface area contributed by atoms with E-state index >= 15 is 0 Å². The van der Waals surface area contributed by atoms with Crippen LogP contribution in [0.1, 0.15) is 25.7 Å². The van der Waals surface area contributed by atoms with Crippen LogP contribution in [0, 0.1) is 23.3 Å². The van der Waals surface area contributed by atoms with Crippen molar-refractivity contribution in [2.45, 2.75) is 37.8 Å². The molecule has 0 unspecified atom stereocenters. The first-order chi connectivity index (χ1) is 29.8. The number of para-hydroxylation sites is 1. The Kier molecular flexibility index (Phi) is 16.4. The van der Waals surface area contributed by atoms with Gasteiger partial charge in [-0.05, 0) is 69.1 Å². The molecule has 2 fully saturated rings. The van der Waals surface area contributed by atoms with Crippen molar-refractivity contribution in [3.8, 4) is 17.1 Å². The van der Waals surface area contributed by atoms with E-state index in [1.807, 2.05) is 7.05 Å². The molecule has 0 radical (unpaired) electrons. The van der Waals surface area contributed by atoms with Crippen molar-refractivity contribution < 1.29 is 48.7 Å². The van der Waals surface area contributed by atoms with E-state index in [9.17, 15) is 44.0 Å². The number of carbonyl (C=O) groups excluding carboxylic acids is 2. The van der Waals surface area contributed by atoms with Gasteiger partial charge in [-0.15, -0.1) is 0 Å². The number of aromatic nitrogens is 4. The van der Waals surface area contributed by atoms with E-state index in [-0.39, 0.29) is 23.4 Å². The lowest BCUT2D eigenvalue weighted by Gasteiger charge is -2.35. The van der Waals surface area contributed by atoms with Gasteiger partial charge in [0.25, 0.3) is 0 Å². The number of hydrogen-bond donors (Lipinski definition) is 3. The summed E-state index contributed by atoms with van der Waals surface area (Å²) in [5.41, 5.74) is 1.09. The van der Waals surface area contributed by atoms with Crippen LogP contribution < -0.4 is 20.7 Å². The normalized spacial score (nSPS) is 15.3. The van der Waals surface area contributed by atoms with E-state index in [0.29, 0.717) is 62.2 Å². The highest BCUT2D eigenvalue weighted by molar-refractivity contribution is 7.88. The van der Waals surface area contributed by atoms with Crippen LogP contribution in [0.25, 0.3) is 11.4 Å². The second-order valence-electron chi connectivity index (χ2n) is 14.6. The van der Waals surface area contributed by atoms with Gasteiger partial charge in [-0.1, -0.05) is 18.2 Å². The largest absolute Gasteiger partial charge is 0.417 e. The summed E-state index contributed by atoms with van der Waals surface area (Å²) >= 11 is 0. The fourth-order valence-corrected chi connectivity index (χ4v) is 8.30. The van der Waals surface area contributed by atoms with E-state index in [4.69, 9.17) is 4.74 Å². The summed E-state index contributed by atoms with van der Waals surface area (Å²) in [4.78, 5) is 25.7. The molecule has 2 saturated heterocycles. The van der Waals surface area contributed by atoms with Crippen LogP contribution in [0.15, 0.2) is 91.5 Å². The number of hydrogen-bond acceptors (Lipinski definition) is 10. The van der Waals surface area contributed by atoms with E-state index in [0.717, 1.165) is 49.2 Å². The lowest BCUT2D eigenvalue weighted by Crippen LogP contribution is -2.48. The molecular formula is C40H48F4N10O7S2. The number of carbonyl (C=O) groups is 2. The van der Waals surface area contributed by atoms with Crippen LogP contribution in [0.5, 0.6) is 5.75 Å². The summed E-state index contributed by atoms with van der Waals surface area (Å²) in [6, 6.07) is 14.6. The fraction of sp³-hybridized carbons (Fsp3) is 0.350. The van der Waals surface area contributed by atoms with Gasteiger partial charge in [0, 0.05) is 57.4 Å². The number of anilines is 2. The van der Waals surface area contributed by atoms with E-state index in [1.165, 1.54) is 55.9 Å². The first-order valence-electron chi connectivity index (χ1n) is 19.4. The van der Waals surface area contributed by atoms with E-state index in [1.54, 1.807) is 41.7 Å². The molecule has 63 heavy (non-hydrogen) atoms. The monoisotopic (exact) mass is 920 g/mol. The van der Waals surface area contributed by atoms with Gasteiger partial charge in [0.2, 0.25) is 20.0 Å². The zero-order valence-electron chi connectivity index (χ0n) is 34.8. The number of amides is 3. The summed E-state index contributed by atoms with van der Waals surface area (Å²) in [7, 11) is -2.62. The molecule has 17 nitrogen and oxygen atoms in total. The number of benzene rings is 3. The smallest absolute Gasteiger partial charge is 0.410 e. The number of halogens is 4. The Morgan fingerprint density at radius 3 is 1.54 bits per heavy atom. The summed E-state index contributed by atoms with van der Waals surface area (Å²) in [6.45, 7) is 2.04. The SMILES string of the molecule is CN(C(=O)Nc1cnn(-c2cc(F)cc(F)c2)c1)C1CCN(S(C)(=O)=O)CC1.CNC1CCN(S(C)(=O)=O)CC1.O=C(Nc1cnn(-c2cc(F)cc(F)c2)c1)Oc1ccccc1. The van der Waals surface area contributed by atoms with Gasteiger partial charge >= 0.3 is 12.1 Å². The topological polar surface area (TPSA) is 193 Å². The Bertz CT molecular complexity index is 2510. The van der Waals surface area contributed by atoms with Gasteiger partial charge in [0.15, 0.2) is 0 Å². The molecule has 2 aromatic heterocycles. The molecule has 2 aliphatic rings. The van der Waals surface area contributed by atoms with E-state index < -0.39 is 49.4 Å². The molecular weight excluding hydrogens is 873 g/mol. The lowest BCUT2D eigenvalue weighted by molar-refractivity contribution is 0.174. The molecule has 3 aromatic carbocycles. The highest BCUT2D eigenvalue weighted by atomic mass is 32.2. The van der Waals surface area contributed by atoms with Gasteiger partial charge in [0.1, 0.15) is 29.0 Å². The van der Waals surface area contributed by atoms with Crippen molar-refractivity contribution in [2.24, 2.45) is 0 Å². The molecule has 0 atom stereocenters. The van der Waals surface area contributed by atoms with Gasteiger partial charge in [-0.2, -0.15) is 10.2 Å². The summed E-state index contributed by atoms with van der Waals surface area (Å²) in [5, 5.41) is 16.3. The van der Waals surface area contributed by atoms with Crippen molar-refractivity contribution in [3.05, 3.63) is 115 Å². The minimum Gasteiger partial charge on any atom is -0.410 e. The molecule has 4 heterocycles. The highest BCUT2D eigenvalue weighted by Gasteiger charge is 2.29. The zero-order valence-corrected chi connectivity index (χ0v) is 36.4. The molecule has 2 aliphatic heterocycles. The maximum Gasteiger partial charge on any atom is 0.417 e. The number of nitrogens with zero attached hydrogens (tertiary/aromatic N) is 7. The van der Waals surface area contributed by atoms with Crippen molar-refractivity contribution in [3.63, 3.8) is 0 Å². The first kappa shape index (κ1) is 48.2. The van der Waals surface area contributed by atoms with Crippen LogP contribution >= 0.6 is 0 Å². The third-order valence-corrected chi connectivity index (χ3v) is 12.5. The Balaban J connectivity index is 0.000000192. The van der Waals surface area contributed by atoms with Crippen molar-refractivity contribution in [1.82, 2.24) is 38.4 Å². The van der Waals surface area contributed by atoms with Gasteiger partial charge in [-0.25, -0.2) is 62.0 Å². The number of urea groups is 1. The maximum atomic E-state index is 13.3. The molecule has 3 N–H and O–H groups in total. The summed E-state index contributed by atoms with van der Waals surface area (Å²) < 4.78 is 109. The molecule has 0 saturated carbocycles. The molecule has 5 aromatic rings. The number of piperidine rings is 2. The van der Waals surface area contributed by atoms with Crippen LogP contribution in [0.2, 0.25) is 0 Å². The fourth-order valence-electron chi connectivity index (χ4n) is 6.55. The van der Waals surface area contributed by atoms with Crippen LogP contribution in [0.3, 0.4) is 0 Å². The van der Waals surface area contributed by atoms with Crippen LogP contribution in [-0.4, -0.2) is 127 Å². The first-order valence-corrected chi connectivity index (χ1v) is 23.1. The van der Waals surface area contributed by atoms with Gasteiger partial charge in [-0.3, -0.25) is 5.32 Å². The summed E-state index contributed by atoms with van der Waals surface area (Å²) in [5.74, 6) is -2.49. The Morgan fingerprint density at radius 2 is 1.11 bits per heavy atom. The maximum absolute atomic E-state index is 13.3. The van der Waals surface area contributed by atoms with Crippen LogP contribution in [0.4, 0.5) is 38.5 Å². The molecule has 7 rings (SSSR count). The minimum atomic E-state index is -3.22. The third-order valence-electron chi connectivity index (χ3n) is 9.93. The second kappa shape index (κ2) is 21.5. The molecule has 0 spiro atoms. The van der Waals surface area contributed by atoms with E-state index in [2.05, 4.69) is 26.1 Å². The number of rotatable bonds is 9. The Labute approximate surface area is 362 Å². The quantitative estimate of drug-likeness (QED) is 0.161. The predicted octanol–water partition coefficient (Wildman–Crippen LogP) is 5.43. The Hall–Kier alpha value is -5.88. The van der Waals surface area contributed by atoms with Crippen molar-refractivity contribution in [2.75, 3.05) is 63.4 Å². The zero-order chi connectivity index (χ0) is 45.9. The minimum absolute atomic E-state index is 0.0923. The molecule has 3 amide bonds. The molecule has 340 valence electrons. The van der Waals surface area contributed by atoms with Gasteiger partial charge in [0.05, 0.1) is 60.0 Å². The number of ether oxygens (including phenoxy) is 1. The third kappa shape index (κ3) is 14.6. The average Bonchev–Trinajstić information content (AvgIpc) is 3.90. The highest BCUT2D eigenvalue weighted by Crippen LogP contribution is 2.21. The summed E-state index contributed by atoms with van der Waals surface area (Å²) in [6.07, 6.45) is 10.3. The Morgan fingerprint density at radius 1 is 0.683 bits per heavy atom. The average molecular weight is 921 g/mol. The molecule has 0 bridgehead atoms. The molecule has 0 aliphatic carbocycles. The second-order valence-corrected chi connectivity index (χ2v) is 18.6. The predicted molar refractivity (Wildman–Crippen MR) is 228 cm³/mol. The number of sulfonamides is 2. The van der Waals surface area contributed by atoms with Gasteiger partial charge < -0.3 is 20.3 Å².